The van der Waals surface area contributed by atoms with Gasteiger partial charge in [-0.05, 0) is 55.3 Å². The molecule has 0 heterocycles. The van der Waals surface area contributed by atoms with Crippen LogP contribution in [0.25, 0.3) is 0 Å². The molecule has 44 heavy (non-hydrogen) atoms. The maximum absolute atomic E-state index is 14.4. The number of carbonyl (C=O) groups is 2. The smallest absolute Gasteiger partial charge is 0.264 e. The number of ether oxygens (including phenoxy) is 1. The molecule has 4 rings (SSSR count). The van der Waals surface area contributed by atoms with Crippen LogP contribution in [0, 0.1) is 0 Å². The van der Waals surface area contributed by atoms with Crippen LogP contribution < -0.4 is 14.4 Å². The molecule has 0 aliphatic heterocycles. The van der Waals surface area contributed by atoms with E-state index in [1.165, 1.54) is 36.3 Å². The minimum Gasteiger partial charge on any atom is -0.495 e. The second kappa shape index (κ2) is 14.9. The van der Waals surface area contributed by atoms with Crippen LogP contribution in [0.15, 0.2) is 114 Å². The first kappa shape index (κ1) is 32.6. The van der Waals surface area contributed by atoms with Crippen molar-refractivity contribution in [3.63, 3.8) is 0 Å². The summed E-state index contributed by atoms with van der Waals surface area (Å²) >= 11 is 6.41. The summed E-state index contributed by atoms with van der Waals surface area (Å²) in [6, 6.07) is 30.0. The molecule has 0 saturated carbocycles. The van der Waals surface area contributed by atoms with Crippen molar-refractivity contribution in [3.8, 4) is 5.75 Å². The molecule has 0 saturated heterocycles. The van der Waals surface area contributed by atoms with Crippen molar-refractivity contribution in [2.45, 2.75) is 43.8 Å². The van der Waals surface area contributed by atoms with Crippen LogP contribution in [0.2, 0.25) is 5.02 Å². The fraction of sp³-hybridized carbons (Fsp3) is 0.235. The highest BCUT2D eigenvalue weighted by Gasteiger charge is 2.35. The Labute approximate surface area is 264 Å². The van der Waals surface area contributed by atoms with Crippen LogP contribution in [0.5, 0.6) is 5.75 Å². The first-order valence-electron chi connectivity index (χ1n) is 14.2. The first-order valence-corrected chi connectivity index (χ1v) is 16.0. The van der Waals surface area contributed by atoms with Crippen LogP contribution in [0.3, 0.4) is 0 Å². The van der Waals surface area contributed by atoms with Crippen LogP contribution >= 0.6 is 11.6 Å². The lowest BCUT2D eigenvalue weighted by Crippen LogP contribution is -2.54. The lowest BCUT2D eigenvalue weighted by atomic mass is 10.0. The third-order valence-electron chi connectivity index (χ3n) is 6.93. The number of nitrogens with one attached hydrogen (secondary N) is 1. The van der Waals surface area contributed by atoms with Gasteiger partial charge in [0.2, 0.25) is 11.8 Å². The predicted molar refractivity (Wildman–Crippen MR) is 173 cm³/mol. The van der Waals surface area contributed by atoms with Gasteiger partial charge in [-0.1, -0.05) is 90.5 Å². The maximum Gasteiger partial charge on any atom is 0.264 e. The topological polar surface area (TPSA) is 96.0 Å². The van der Waals surface area contributed by atoms with Crippen molar-refractivity contribution in [1.82, 2.24) is 10.2 Å². The number of rotatable bonds is 13. The number of amides is 2. The summed E-state index contributed by atoms with van der Waals surface area (Å²) in [6.45, 7) is 3.21. The number of nitrogens with zero attached hydrogens (tertiary/aromatic N) is 2. The number of methoxy groups -OCH3 is 1. The van der Waals surface area contributed by atoms with Gasteiger partial charge in [0, 0.05) is 19.0 Å². The fourth-order valence-electron chi connectivity index (χ4n) is 4.77. The maximum atomic E-state index is 14.4. The molecule has 230 valence electrons. The Morgan fingerprint density at radius 1 is 0.841 bits per heavy atom. The lowest BCUT2D eigenvalue weighted by molar-refractivity contribution is -0.140. The summed E-state index contributed by atoms with van der Waals surface area (Å²) in [4.78, 5) is 29.6. The minimum atomic E-state index is -4.23. The van der Waals surface area contributed by atoms with Crippen LogP contribution in [-0.2, 0) is 32.6 Å². The van der Waals surface area contributed by atoms with E-state index in [9.17, 15) is 18.0 Å². The molecule has 0 spiro atoms. The molecule has 0 fully saturated rings. The highest BCUT2D eigenvalue weighted by Crippen LogP contribution is 2.32. The van der Waals surface area contributed by atoms with E-state index in [0.717, 1.165) is 15.4 Å². The van der Waals surface area contributed by atoms with Gasteiger partial charge < -0.3 is 15.0 Å². The number of sulfonamides is 1. The third kappa shape index (κ3) is 8.18. The largest absolute Gasteiger partial charge is 0.495 e. The highest BCUT2D eigenvalue weighted by atomic mass is 35.5. The quantitative estimate of drug-likeness (QED) is 0.204. The Kier molecular flexibility index (Phi) is 11.0. The molecule has 2 amide bonds. The van der Waals surface area contributed by atoms with E-state index in [2.05, 4.69) is 5.32 Å². The van der Waals surface area contributed by atoms with E-state index in [1.807, 2.05) is 74.5 Å². The Balaban J connectivity index is 1.81. The normalized spacial score (nSPS) is 11.9. The molecule has 1 atom stereocenters. The highest BCUT2D eigenvalue weighted by molar-refractivity contribution is 7.92. The van der Waals surface area contributed by atoms with Gasteiger partial charge in [0.1, 0.15) is 18.3 Å². The Hall–Kier alpha value is -4.34. The van der Waals surface area contributed by atoms with E-state index in [4.69, 9.17) is 16.3 Å². The van der Waals surface area contributed by atoms with Crippen LogP contribution in [0.1, 0.15) is 25.0 Å². The number of hydrogen-bond donors (Lipinski definition) is 1. The number of halogens is 1. The summed E-state index contributed by atoms with van der Waals surface area (Å²) in [6.07, 6.45) is 0.234. The Morgan fingerprint density at radius 3 is 1.95 bits per heavy atom. The van der Waals surface area contributed by atoms with E-state index < -0.39 is 28.5 Å². The van der Waals surface area contributed by atoms with E-state index in [0.29, 0.717) is 5.75 Å². The van der Waals surface area contributed by atoms with Crippen molar-refractivity contribution in [2.24, 2.45) is 0 Å². The van der Waals surface area contributed by atoms with Crippen molar-refractivity contribution >= 4 is 39.1 Å². The summed E-state index contributed by atoms with van der Waals surface area (Å²) in [5.74, 6) is -0.531. The predicted octanol–water partition coefficient (Wildman–Crippen LogP) is 5.71. The molecular formula is C34H36ClN3O5S. The zero-order valence-electron chi connectivity index (χ0n) is 24.9. The third-order valence-corrected chi connectivity index (χ3v) is 9.01. The van der Waals surface area contributed by atoms with Gasteiger partial charge in [-0.3, -0.25) is 13.9 Å². The monoisotopic (exact) mass is 633 g/mol. The SMILES string of the molecule is COc1ccc(N(CC(=O)N(Cc2ccccc2)C(Cc2ccccc2)C(=O)NC(C)C)S(=O)(=O)c2ccccc2)cc1Cl. The van der Waals surface area contributed by atoms with Crippen molar-refractivity contribution in [2.75, 3.05) is 18.0 Å². The molecule has 1 unspecified atom stereocenters. The number of anilines is 1. The van der Waals surface area contributed by atoms with Crippen molar-refractivity contribution in [1.29, 1.82) is 0 Å². The lowest BCUT2D eigenvalue weighted by Gasteiger charge is -2.34. The molecule has 0 aromatic heterocycles. The van der Waals surface area contributed by atoms with Gasteiger partial charge in [0.25, 0.3) is 10.0 Å². The van der Waals surface area contributed by atoms with E-state index in [1.54, 1.807) is 24.3 Å². The average molecular weight is 634 g/mol. The number of benzene rings is 4. The Bertz CT molecular complexity index is 1650. The second-order valence-electron chi connectivity index (χ2n) is 10.5. The van der Waals surface area contributed by atoms with E-state index >= 15 is 0 Å². The molecule has 0 aliphatic rings. The van der Waals surface area contributed by atoms with Gasteiger partial charge >= 0.3 is 0 Å². The standard InChI is InChI=1S/C34H36ClN3O5S/c1-25(2)36-34(40)31(21-26-13-7-4-8-14-26)37(23-27-15-9-5-10-16-27)33(39)24-38(28-19-20-32(43-3)30(35)22-28)44(41,42)29-17-11-6-12-18-29/h4-20,22,25,31H,21,23-24H2,1-3H3,(H,36,40). The molecule has 8 nitrogen and oxygen atoms in total. The summed E-state index contributed by atoms with van der Waals surface area (Å²) in [7, 11) is -2.77. The van der Waals surface area contributed by atoms with E-state index in [-0.39, 0.29) is 40.5 Å². The molecule has 0 bridgehead atoms. The minimum absolute atomic E-state index is 0.00716. The van der Waals surface area contributed by atoms with Crippen LogP contribution in [-0.4, -0.2) is 50.9 Å². The van der Waals surface area contributed by atoms with Gasteiger partial charge in [0.05, 0.1) is 22.7 Å². The molecule has 1 N–H and O–H groups in total. The van der Waals surface area contributed by atoms with Crippen molar-refractivity contribution < 1.29 is 22.7 Å². The summed E-state index contributed by atoms with van der Waals surface area (Å²) < 4.78 is 34.4. The first-order chi connectivity index (χ1) is 21.1. The zero-order chi connectivity index (χ0) is 31.7. The molecular weight excluding hydrogens is 598 g/mol. The van der Waals surface area contributed by atoms with Crippen LogP contribution in [0.4, 0.5) is 5.69 Å². The van der Waals surface area contributed by atoms with Gasteiger partial charge in [0.15, 0.2) is 0 Å². The molecule has 4 aromatic carbocycles. The number of hydrogen-bond acceptors (Lipinski definition) is 5. The number of carbonyl (C=O) groups excluding carboxylic acids is 2. The summed E-state index contributed by atoms with van der Waals surface area (Å²) in [5.41, 5.74) is 1.83. The summed E-state index contributed by atoms with van der Waals surface area (Å²) in [5, 5.41) is 3.13. The second-order valence-corrected chi connectivity index (χ2v) is 12.8. The van der Waals surface area contributed by atoms with Gasteiger partial charge in [-0.15, -0.1) is 0 Å². The average Bonchev–Trinajstić information content (AvgIpc) is 3.02. The zero-order valence-corrected chi connectivity index (χ0v) is 26.5. The fourth-order valence-corrected chi connectivity index (χ4v) is 6.45. The Morgan fingerprint density at radius 2 is 1.41 bits per heavy atom. The van der Waals surface area contributed by atoms with Gasteiger partial charge in [-0.2, -0.15) is 0 Å². The molecule has 0 aliphatic carbocycles. The molecule has 4 aromatic rings. The van der Waals surface area contributed by atoms with Crippen molar-refractivity contribution in [3.05, 3.63) is 125 Å². The van der Waals surface area contributed by atoms with Gasteiger partial charge in [-0.25, -0.2) is 8.42 Å². The molecule has 0 radical (unpaired) electrons. The molecule has 10 heteroatoms.